The quantitative estimate of drug-likeness (QED) is 0.707. The Balaban J connectivity index is 2.43. The van der Waals surface area contributed by atoms with Gasteiger partial charge in [-0.1, -0.05) is 25.1 Å². The van der Waals surface area contributed by atoms with E-state index in [1.807, 2.05) is 11.8 Å². The summed E-state index contributed by atoms with van der Waals surface area (Å²) >= 11 is 2.02. The molecule has 1 aromatic carbocycles. The molecule has 0 bridgehead atoms. The summed E-state index contributed by atoms with van der Waals surface area (Å²) in [7, 11) is 0. The van der Waals surface area contributed by atoms with Gasteiger partial charge in [-0.2, -0.15) is 11.8 Å². The molecular weight excluding hydrogens is 190 g/mol. The van der Waals surface area contributed by atoms with Crippen molar-refractivity contribution in [1.82, 2.24) is 0 Å². The van der Waals surface area contributed by atoms with Crippen LogP contribution in [0, 0.1) is 6.92 Å². The summed E-state index contributed by atoms with van der Waals surface area (Å²) < 4.78 is 0. The fourth-order valence-corrected chi connectivity index (χ4v) is 3.24. The molecule has 2 heteroatoms. The number of nitrogens with two attached hydrogens (primary N) is 1. The van der Waals surface area contributed by atoms with Crippen LogP contribution in [0.25, 0.3) is 0 Å². The predicted molar refractivity (Wildman–Crippen MR) is 63.5 cm³/mol. The number of benzene rings is 1. The first-order chi connectivity index (χ1) is 6.68. The smallest absolute Gasteiger partial charge is 0.0308 e. The van der Waals surface area contributed by atoms with Gasteiger partial charge >= 0.3 is 0 Å². The average molecular weight is 207 g/mol. The van der Waals surface area contributed by atoms with E-state index < -0.39 is 0 Å². The summed E-state index contributed by atoms with van der Waals surface area (Å²) in [6.07, 6.45) is 1.10. The molecule has 2 N–H and O–H groups in total. The number of aryl methyl sites for hydroxylation is 1. The van der Waals surface area contributed by atoms with Gasteiger partial charge in [0.05, 0.1) is 0 Å². The Bertz CT molecular complexity index is 335. The van der Waals surface area contributed by atoms with Crippen molar-refractivity contribution in [1.29, 1.82) is 0 Å². The van der Waals surface area contributed by atoms with Crippen LogP contribution in [0.5, 0.6) is 0 Å². The minimum Gasteiger partial charge on any atom is -0.324 e. The van der Waals surface area contributed by atoms with Crippen LogP contribution in [0.2, 0.25) is 0 Å². The first-order valence-corrected chi connectivity index (χ1v) is 6.19. The molecule has 0 amide bonds. The molecule has 0 saturated carbocycles. The van der Waals surface area contributed by atoms with Gasteiger partial charge in [0.15, 0.2) is 0 Å². The van der Waals surface area contributed by atoms with Crippen molar-refractivity contribution in [2.75, 3.05) is 0 Å². The van der Waals surface area contributed by atoms with Crippen LogP contribution in [0.15, 0.2) is 18.2 Å². The molecule has 1 aliphatic heterocycles. The number of fused-ring (bicyclic) bond motifs is 1. The van der Waals surface area contributed by atoms with Crippen molar-refractivity contribution >= 4 is 11.8 Å². The Morgan fingerprint density at radius 3 is 3.00 bits per heavy atom. The first-order valence-electron chi connectivity index (χ1n) is 5.14. The lowest BCUT2D eigenvalue weighted by Crippen LogP contribution is -2.14. The SMILES string of the molecule is Cc1cccc2c1CSC(C)CC2N. The van der Waals surface area contributed by atoms with Crippen molar-refractivity contribution in [2.45, 2.75) is 37.3 Å². The van der Waals surface area contributed by atoms with Gasteiger partial charge in [0.1, 0.15) is 0 Å². The Morgan fingerprint density at radius 1 is 1.43 bits per heavy atom. The fraction of sp³-hybridized carbons (Fsp3) is 0.500. The van der Waals surface area contributed by atoms with Crippen molar-refractivity contribution in [3.63, 3.8) is 0 Å². The van der Waals surface area contributed by atoms with Crippen molar-refractivity contribution in [3.05, 3.63) is 34.9 Å². The topological polar surface area (TPSA) is 26.0 Å². The summed E-state index contributed by atoms with van der Waals surface area (Å²) in [5.74, 6) is 1.12. The van der Waals surface area contributed by atoms with Crippen LogP contribution in [-0.2, 0) is 5.75 Å². The van der Waals surface area contributed by atoms with Gasteiger partial charge in [0.2, 0.25) is 0 Å². The average Bonchev–Trinajstić information content (AvgIpc) is 2.28. The first kappa shape index (κ1) is 10.1. The van der Waals surface area contributed by atoms with Gasteiger partial charge in [0, 0.05) is 17.0 Å². The molecule has 2 unspecified atom stereocenters. The van der Waals surface area contributed by atoms with Gasteiger partial charge in [-0.3, -0.25) is 0 Å². The lowest BCUT2D eigenvalue weighted by Gasteiger charge is -2.14. The van der Waals surface area contributed by atoms with Crippen molar-refractivity contribution in [2.24, 2.45) is 5.73 Å². The van der Waals surface area contributed by atoms with Gasteiger partial charge in [0.25, 0.3) is 0 Å². The highest BCUT2D eigenvalue weighted by Gasteiger charge is 2.20. The van der Waals surface area contributed by atoms with E-state index in [1.54, 1.807) is 0 Å². The molecule has 1 aliphatic rings. The Morgan fingerprint density at radius 2 is 2.21 bits per heavy atom. The highest BCUT2D eigenvalue weighted by Crippen LogP contribution is 2.34. The van der Waals surface area contributed by atoms with Crippen molar-refractivity contribution in [3.8, 4) is 0 Å². The highest BCUT2D eigenvalue weighted by atomic mass is 32.2. The highest BCUT2D eigenvalue weighted by molar-refractivity contribution is 7.99. The van der Waals surface area contributed by atoms with Crippen molar-refractivity contribution < 1.29 is 0 Å². The van der Waals surface area contributed by atoms with Crippen LogP contribution in [0.4, 0.5) is 0 Å². The zero-order valence-electron chi connectivity index (χ0n) is 8.79. The molecule has 1 heterocycles. The molecule has 1 aromatic rings. The Hall–Kier alpha value is -0.470. The van der Waals surface area contributed by atoms with Crippen LogP contribution in [0.3, 0.4) is 0 Å². The van der Waals surface area contributed by atoms with Gasteiger partial charge in [-0.05, 0) is 30.0 Å². The largest absolute Gasteiger partial charge is 0.324 e. The molecule has 0 spiro atoms. The summed E-state index contributed by atoms with van der Waals surface area (Å²) in [5, 5.41) is 0.678. The molecule has 14 heavy (non-hydrogen) atoms. The maximum Gasteiger partial charge on any atom is 0.0308 e. The number of rotatable bonds is 0. The molecule has 0 fully saturated rings. The second-order valence-electron chi connectivity index (χ2n) is 4.11. The molecule has 1 nitrogen and oxygen atoms in total. The number of hydrogen-bond acceptors (Lipinski definition) is 2. The van der Waals surface area contributed by atoms with E-state index in [0.29, 0.717) is 5.25 Å². The number of hydrogen-bond donors (Lipinski definition) is 1. The third kappa shape index (κ3) is 1.82. The molecular formula is C12H17NS. The monoisotopic (exact) mass is 207 g/mol. The number of thioether (sulfide) groups is 1. The standard InChI is InChI=1S/C12H17NS/c1-8-4-3-5-10-11(8)7-14-9(2)6-12(10)13/h3-5,9,12H,6-7,13H2,1-2H3. The normalized spacial score (nSPS) is 26.8. The molecule has 2 atom stereocenters. The third-order valence-corrected chi connectivity index (χ3v) is 4.16. The summed E-state index contributed by atoms with van der Waals surface area (Å²) in [6, 6.07) is 6.72. The van der Waals surface area contributed by atoms with E-state index in [2.05, 4.69) is 32.0 Å². The maximum absolute atomic E-state index is 6.19. The second kappa shape index (κ2) is 3.95. The van der Waals surface area contributed by atoms with Crippen LogP contribution in [0.1, 0.15) is 36.1 Å². The van der Waals surface area contributed by atoms with Gasteiger partial charge < -0.3 is 5.73 Å². The van der Waals surface area contributed by atoms with Gasteiger partial charge in [-0.15, -0.1) is 0 Å². The van der Waals surface area contributed by atoms with E-state index in [4.69, 9.17) is 5.73 Å². The lowest BCUT2D eigenvalue weighted by atomic mass is 9.95. The van der Waals surface area contributed by atoms with E-state index >= 15 is 0 Å². The fourth-order valence-electron chi connectivity index (χ4n) is 2.05. The molecule has 0 radical (unpaired) electrons. The minimum atomic E-state index is 0.231. The summed E-state index contributed by atoms with van der Waals surface area (Å²) in [6.45, 7) is 4.45. The van der Waals surface area contributed by atoms with E-state index in [9.17, 15) is 0 Å². The van der Waals surface area contributed by atoms with Gasteiger partial charge in [-0.25, -0.2) is 0 Å². The third-order valence-electron chi connectivity index (χ3n) is 2.94. The Labute approximate surface area is 90.1 Å². The summed E-state index contributed by atoms with van der Waals surface area (Å²) in [5.41, 5.74) is 10.4. The Kier molecular flexibility index (Phi) is 2.84. The minimum absolute atomic E-state index is 0.231. The lowest BCUT2D eigenvalue weighted by molar-refractivity contribution is 0.650. The molecule has 76 valence electrons. The zero-order valence-corrected chi connectivity index (χ0v) is 9.60. The molecule has 2 rings (SSSR count). The van der Waals surface area contributed by atoms with Crippen LogP contribution < -0.4 is 5.73 Å². The van der Waals surface area contributed by atoms with E-state index in [-0.39, 0.29) is 6.04 Å². The summed E-state index contributed by atoms with van der Waals surface area (Å²) in [4.78, 5) is 0. The second-order valence-corrected chi connectivity index (χ2v) is 5.53. The van der Waals surface area contributed by atoms with E-state index in [1.165, 1.54) is 16.7 Å². The van der Waals surface area contributed by atoms with E-state index in [0.717, 1.165) is 12.2 Å². The van der Waals surface area contributed by atoms with Crippen LogP contribution in [-0.4, -0.2) is 5.25 Å². The van der Waals surface area contributed by atoms with Crippen LogP contribution >= 0.6 is 11.8 Å². The predicted octanol–water partition coefficient (Wildman–Crippen LogP) is 3.02. The maximum atomic E-state index is 6.19. The zero-order chi connectivity index (χ0) is 10.1. The molecule has 0 aliphatic carbocycles. The molecule has 0 saturated heterocycles. The molecule has 0 aromatic heterocycles.